The lowest BCUT2D eigenvalue weighted by atomic mass is 9.74. The molecule has 2 aromatic carbocycles. The molecule has 1 aliphatic heterocycles. The van der Waals surface area contributed by atoms with Crippen molar-refractivity contribution in [2.24, 2.45) is 0 Å². The fraction of sp³-hybridized carbons (Fsp3) is 0.318. The van der Waals surface area contributed by atoms with Crippen molar-refractivity contribution in [3.05, 3.63) is 75.6 Å². The summed E-state index contributed by atoms with van der Waals surface area (Å²) in [5, 5.41) is 14.8. The van der Waals surface area contributed by atoms with Crippen LogP contribution in [0, 0.1) is 15.9 Å². The van der Waals surface area contributed by atoms with E-state index < -0.39 is 10.9 Å². The van der Waals surface area contributed by atoms with Crippen molar-refractivity contribution in [2.75, 3.05) is 32.2 Å². The predicted octanol–water partition coefficient (Wildman–Crippen LogP) is 4.08. The molecule has 1 fully saturated rings. The SMILES string of the molecule is COC(=O)/C=C/c1ccc(NCC2(c3ccc(F)cc3)CCOCC2)c([N+](=O)[O-])c1. The summed E-state index contributed by atoms with van der Waals surface area (Å²) in [6.45, 7) is 1.58. The smallest absolute Gasteiger partial charge is 0.330 e. The number of nitrogens with one attached hydrogen (secondary N) is 1. The first-order valence-electron chi connectivity index (χ1n) is 9.56. The number of ether oxygens (including phenoxy) is 2. The minimum Gasteiger partial charge on any atom is -0.466 e. The lowest BCUT2D eigenvalue weighted by Crippen LogP contribution is -2.40. The number of nitrogens with zero attached hydrogens (tertiary/aromatic N) is 1. The molecule has 0 aromatic heterocycles. The molecule has 3 rings (SSSR count). The molecule has 7 nitrogen and oxygen atoms in total. The van der Waals surface area contributed by atoms with E-state index in [0.29, 0.717) is 31.0 Å². The van der Waals surface area contributed by atoms with Crippen LogP contribution in [0.25, 0.3) is 6.08 Å². The van der Waals surface area contributed by atoms with Crippen molar-refractivity contribution in [1.29, 1.82) is 0 Å². The van der Waals surface area contributed by atoms with E-state index >= 15 is 0 Å². The van der Waals surface area contributed by atoms with Gasteiger partial charge in [-0.15, -0.1) is 0 Å². The maximum atomic E-state index is 13.4. The molecular formula is C22H23FN2O5. The zero-order valence-electron chi connectivity index (χ0n) is 16.6. The summed E-state index contributed by atoms with van der Waals surface area (Å²) in [6.07, 6.45) is 4.11. The molecule has 0 saturated carbocycles. The topological polar surface area (TPSA) is 90.7 Å². The molecule has 158 valence electrons. The Morgan fingerprint density at radius 2 is 1.97 bits per heavy atom. The maximum absolute atomic E-state index is 13.4. The van der Waals surface area contributed by atoms with Gasteiger partial charge >= 0.3 is 5.97 Å². The fourth-order valence-electron chi connectivity index (χ4n) is 3.58. The van der Waals surface area contributed by atoms with Crippen molar-refractivity contribution in [2.45, 2.75) is 18.3 Å². The zero-order valence-corrected chi connectivity index (χ0v) is 16.6. The number of carbonyl (C=O) groups is 1. The van der Waals surface area contributed by atoms with Crippen molar-refractivity contribution in [3.63, 3.8) is 0 Å². The Morgan fingerprint density at radius 1 is 1.27 bits per heavy atom. The summed E-state index contributed by atoms with van der Waals surface area (Å²) < 4.78 is 23.4. The molecule has 0 unspecified atom stereocenters. The minimum absolute atomic E-state index is 0.0941. The molecular weight excluding hydrogens is 391 g/mol. The summed E-state index contributed by atoms with van der Waals surface area (Å²) >= 11 is 0. The minimum atomic E-state index is -0.541. The number of halogens is 1. The van der Waals surface area contributed by atoms with E-state index in [1.807, 2.05) is 0 Å². The van der Waals surface area contributed by atoms with E-state index in [-0.39, 0.29) is 16.9 Å². The second kappa shape index (κ2) is 9.49. The van der Waals surface area contributed by atoms with Crippen LogP contribution in [0.2, 0.25) is 0 Å². The number of esters is 1. The highest BCUT2D eigenvalue weighted by atomic mass is 19.1. The van der Waals surface area contributed by atoms with Crippen molar-refractivity contribution in [3.8, 4) is 0 Å². The third-order valence-corrected chi connectivity index (χ3v) is 5.36. The Balaban J connectivity index is 1.84. The molecule has 2 aromatic rings. The van der Waals surface area contributed by atoms with E-state index in [9.17, 15) is 19.3 Å². The highest BCUT2D eigenvalue weighted by molar-refractivity contribution is 5.87. The van der Waals surface area contributed by atoms with Crippen LogP contribution < -0.4 is 5.32 Å². The summed E-state index contributed by atoms with van der Waals surface area (Å²) in [5.74, 6) is -0.847. The molecule has 0 radical (unpaired) electrons. The largest absolute Gasteiger partial charge is 0.466 e. The number of benzene rings is 2. The second-order valence-corrected chi connectivity index (χ2v) is 7.14. The molecule has 30 heavy (non-hydrogen) atoms. The van der Waals surface area contributed by atoms with E-state index in [4.69, 9.17) is 4.74 Å². The van der Waals surface area contributed by atoms with Gasteiger partial charge in [-0.2, -0.15) is 0 Å². The van der Waals surface area contributed by atoms with Gasteiger partial charge in [-0.05, 0) is 48.2 Å². The van der Waals surface area contributed by atoms with Crippen molar-refractivity contribution in [1.82, 2.24) is 0 Å². The van der Waals surface area contributed by atoms with Crippen molar-refractivity contribution >= 4 is 23.4 Å². The lowest BCUT2D eigenvalue weighted by molar-refractivity contribution is -0.384. The zero-order chi connectivity index (χ0) is 21.6. The first kappa shape index (κ1) is 21.4. The van der Waals surface area contributed by atoms with Crippen LogP contribution in [0.5, 0.6) is 0 Å². The molecule has 0 atom stereocenters. The fourth-order valence-corrected chi connectivity index (χ4v) is 3.58. The van der Waals surface area contributed by atoms with Gasteiger partial charge in [0, 0.05) is 37.3 Å². The summed E-state index contributed by atoms with van der Waals surface area (Å²) in [4.78, 5) is 22.4. The molecule has 0 spiro atoms. The molecule has 1 heterocycles. The second-order valence-electron chi connectivity index (χ2n) is 7.14. The molecule has 0 aliphatic carbocycles. The Kier molecular flexibility index (Phi) is 6.79. The monoisotopic (exact) mass is 414 g/mol. The quantitative estimate of drug-likeness (QED) is 0.318. The molecule has 1 N–H and O–H groups in total. The highest BCUT2D eigenvalue weighted by Gasteiger charge is 2.35. The van der Waals surface area contributed by atoms with Gasteiger partial charge in [-0.25, -0.2) is 9.18 Å². The normalized spacial score (nSPS) is 15.7. The molecule has 1 saturated heterocycles. The number of rotatable bonds is 7. The number of hydrogen-bond acceptors (Lipinski definition) is 6. The third-order valence-electron chi connectivity index (χ3n) is 5.36. The van der Waals surface area contributed by atoms with E-state index in [0.717, 1.165) is 18.4 Å². The van der Waals surface area contributed by atoms with Crippen LogP contribution in [0.1, 0.15) is 24.0 Å². The standard InChI is InChI=1S/C22H23FN2O5/c1-29-21(26)9-3-16-2-8-19(20(14-16)25(27)28)24-15-22(10-12-30-13-11-22)17-4-6-18(23)7-5-17/h2-9,14,24H,10-13,15H2,1H3/b9-3+. The van der Waals surface area contributed by atoms with Gasteiger partial charge in [0.05, 0.1) is 12.0 Å². The van der Waals surface area contributed by atoms with Gasteiger partial charge in [0.25, 0.3) is 5.69 Å². The first-order valence-corrected chi connectivity index (χ1v) is 9.56. The molecule has 0 bridgehead atoms. The van der Waals surface area contributed by atoms with Gasteiger partial charge in [-0.1, -0.05) is 18.2 Å². The Morgan fingerprint density at radius 3 is 2.60 bits per heavy atom. The van der Waals surface area contributed by atoms with Crippen molar-refractivity contribution < 1.29 is 23.6 Å². The van der Waals surface area contributed by atoms with Crippen LogP contribution in [0.4, 0.5) is 15.8 Å². The average molecular weight is 414 g/mol. The lowest BCUT2D eigenvalue weighted by Gasteiger charge is -2.38. The Labute approximate surface area is 173 Å². The highest BCUT2D eigenvalue weighted by Crippen LogP contribution is 2.36. The number of hydrogen-bond donors (Lipinski definition) is 1. The van der Waals surface area contributed by atoms with Gasteiger partial charge in [0.15, 0.2) is 0 Å². The molecule has 0 amide bonds. The van der Waals surface area contributed by atoms with Gasteiger partial charge < -0.3 is 14.8 Å². The number of anilines is 1. The van der Waals surface area contributed by atoms with E-state index in [2.05, 4.69) is 10.1 Å². The van der Waals surface area contributed by atoms with Gasteiger partial charge in [0.1, 0.15) is 11.5 Å². The average Bonchev–Trinajstić information content (AvgIpc) is 2.77. The van der Waals surface area contributed by atoms with Gasteiger partial charge in [0.2, 0.25) is 0 Å². The molecule has 1 aliphatic rings. The summed E-state index contributed by atoms with van der Waals surface area (Å²) in [6, 6.07) is 11.1. The van der Waals surface area contributed by atoms with Crippen LogP contribution in [-0.4, -0.2) is 37.8 Å². The van der Waals surface area contributed by atoms with Crippen LogP contribution in [0.3, 0.4) is 0 Å². The summed E-state index contributed by atoms with van der Waals surface area (Å²) in [7, 11) is 1.26. The molecule has 8 heteroatoms. The van der Waals surface area contributed by atoms with Crippen LogP contribution >= 0.6 is 0 Å². The maximum Gasteiger partial charge on any atom is 0.330 e. The number of carbonyl (C=O) groups excluding carboxylic acids is 1. The third kappa shape index (κ3) is 5.01. The Bertz CT molecular complexity index is 937. The first-order chi connectivity index (χ1) is 14.4. The number of methoxy groups -OCH3 is 1. The number of nitro benzene ring substituents is 1. The van der Waals surface area contributed by atoms with E-state index in [1.165, 1.54) is 37.5 Å². The summed E-state index contributed by atoms with van der Waals surface area (Å²) in [5.41, 5.74) is 1.45. The van der Waals surface area contributed by atoms with E-state index in [1.54, 1.807) is 24.3 Å². The van der Waals surface area contributed by atoms with Crippen LogP contribution in [0.15, 0.2) is 48.5 Å². The number of nitro groups is 1. The van der Waals surface area contributed by atoms with Crippen LogP contribution in [-0.2, 0) is 19.7 Å². The van der Waals surface area contributed by atoms with Gasteiger partial charge in [-0.3, -0.25) is 10.1 Å². The Hall–Kier alpha value is -3.26. The predicted molar refractivity (Wildman–Crippen MR) is 111 cm³/mol.